The van der Waals surface area contributed by atoms with Crippen molar-refractivity contribution in [3.05, 3.63) is 64.7 Å². The second kappa shape index (κ2) is 4.94. The third-order valence-corrected chi connectivity index (χ3v) is 4.65. The van der Waals surface area contributed by atoms with Gasteiger partial charge in [-0.1, -0.05) is 24.3 Å². The molecule has 2 heterocycles. The first-order valence-corrected chi connectivity index (χ1v) is 7.94. The quantitative estimate of drug-likeness (QED) is 0.682. The molecule has 1 aliphatic heterocycles. The van der Waals surface area contributed by atoms with E-state index in [1.54, 1.807) is 25.1 Å². The number of aliphatic imine (C=N–C) groups is 1. The first-order chi connectivity index (χ1) is 11.7. The number of rotatable bonds is 1. The number of aromatic amines is 1. The van der Waals surface area contributed by atoms with Crippen molar-refractivity contribution in [2.24, 2.45) is 4.99 Å². The zero-order chi connectivity index (χ0) is 18.0. The van der Waals surface area contributed by atoms with Crippen LogP contribution in [0.25, 0.3) is 11.0 Å². The van der Waals surface area contributed by atoms with Gasteiger partial charge in [0.15, 0.2) is 5.82 Å². The van der Waals surface area contributed by atoms with Gasteiger partial charge in [-0.15, -0.1) is 0 Å². The normalized spacial score (nSPS) is 18.1. The fraction of sp³-hybridized carbons (Fsp3) is 0.263. The standard InChI is InChI=1S/C19H16F3N3/c1-10-8-11(20)9-14-15(10)24-17(23-14)16-12-6-4-5-7-13(12)19(21,22)18(2,3)25-16/h4-9H,1-3H3,(H,23,24). The Morgan fingerprint density at radius 2 is 1.80 bits per heavy atom. The first-order valence-electron chi connectivity index (χ1n) is 7.94. The molecule has 25 heavy (non-hydrogen) atoms. The van der Waals surface area contributed by atoms with Crippen molar-refractivity contribution in [1.82, 2.24) is 9.97 Å². The maximum atomic E-state index is 14.8. The Morgan fingerprint density at radius 1 is 1.08 bits per heavy atom. The van der Waals surface area contributed by atoms with Crippen LogP contribution in [0.1, 0.15) is 36.4 Å². The van der Waals surface area contributed by atoms with Gasteiger partial charge in [-0.3, -0.25) is 4.99 Å². The summed E-state index contributed by atoms with van der Waals surface area (Å²) in [6.45, 7) is 4.55. The average Bonchev–Trinajstić information content (AvgIpc) is 2.95. The number of hydrogen-bond acceptors (Lipinski definition) is 2. The van der Waals surface area contributed by atoms with Gasteiger partial charge in [0.2, 0.25) is 0 Å². The number of halogens is 3. The van der Waals surface area contributed by atoms with Crippen molar-refractivity contribution in [2.75, 3.05) is 0 Å². The molecule has 0 amide bonds. The summed E-state index contributed by atoms with van der Waals surface area (Å²) < 4.78 is 43.2. The number of H-pyrrole nitrogens is 1. The molecule has 0 unspecified atom stereocenters. The van der Waals surface area contributed by atoms with Crippen LogP contribution < -0.4 is 0 Å². The van der Waals surface area contributed by atoms with Crippen LogP contribution in [0.15, 0.2) is 41.4 Å². The molecule has 4 rings (SSSR count). The summed E-state index contributed by atoms with van der Waals surface area (Å²) >= 11 is 0. The van der Waals surface area contributed by atoms with Gasteiger partial charge in [0.1, 0.15) is 17.1 Å². The molecule has 6 heteroatoms. The number of aromatic nitrogens is 2. The monoisotopic (exact) mass is 343 g/mol. The minimum atomic E-state index is -3.10. The molecule has 0 saturated carbocycles. The number of nitrogens with zero attached hydrogens (tertiary/aromatic N) is 2. The molecule has 1 N–H and O–H groups in total. The van der Waals surface area contributed by atoms with Gasteiger partial charge < -0.3 is 4.98 Å². The number of nitrogens with one attached hydrogen (secondary N) is 1. The number of imidazole rings is 1. The maximum absolute atomic E-state index is 14.8. The van der Waals surface area contributed by atoms with Gasteiger partial charge in [-0.05, 0) is 38.5 Å². The van der Waals surface area contributed by atoms with Crippen molar-refractivity contribution in [3.63, 3.8) is 0 Å². The van der Waals surface area contributed by atoms with Crippen LogP contribution in [0.5, 0.6) is 0 Å². The molecule has 3 nitrogen and oxygen atoms in total. The number of alkyl halides is 2. The highest BCUT2D eigenvalue weighted by Crippen LogP contribution is 2.46. The Balaban J connectivity index is 1.99. The van der Waals surface area contributed by atoms with Gasteiger partial charge in [-0.25, -0.2) is 9.37 Å². The zero-order valence-electron chi connectivity index (χ0n) is 14.0. The predicted molar refractivity (Wildman–Crippen MR) is 90.8 cm³/mol. The lowest BCUT2D eigenvalue weighted by Gasteiger charge is -2.36. The summed E-state index contributed by atoms with van der Waals surface area (Å²) in [7, 11) is 0. The van der Waals surface area contributed by atoms with Crippen LogP contribution in [0.4, 0.5) is 13.2 Å². The summed E-state index contributed by atoms with van der Waals surface area (Å²) in [6, 6.07) is 9.03. The topological polar surface area (TPSA) is 41.0 Å². The van der Waals surface area contributed by atoms with E-state index < -0.39 is 11.5 Å². The van der Waals surface area contributed by atoms with E-state index in [1.165, 1.54) is 32.0 Å². The molecule has 0 fully saturated rings. The summed E-state index contributed by atoms with van der Waals surface area (Å²) in [5.41, 5.74) is 0.803. The Kier molecular flexibility index (Phi) is 3.14. The fourth-order valence-electron chi connectivity index (χ4n) is 3.24. The molecule has 0 aliphatic carbocycles. The Hall–Kier alpha value is -2.63. The second-order valence-corrected chi connectivity index (χ2v) is 6.84. The third kappa shape index (κ3) is 2.20. The molecule has 1 aliphatic rings. The van der Waals surface area contributed by atoms with E-state index in [0.29, 0.717) is 33.7 Å². The molecule has 0 atom stereocenters. The summed E-state index contributed by atoms with van der Waals surface area (Å²) in [6.07, 6.45) is 0. The predicted octanol–water partition coefficient (Wildman–Crippen LogP) is 4.73. The lowest BCUT2D eigenvalue weighted by atomic mass is 9.83. The first kappa shape index (κ1) is 15.9. The van der Waals surface area contributed by atoms with E-state index >= 15 is 0 Å². The zero-order valence-corrected chi connectivity index (χ0v) is 14.0. The van der Waals surface area contributed by atoms with Gasteiger partial charge in [-0.2, -0.15) is 8.78 Å². The van der Waals surface area contributed by atoms with E-state index in [-0.39, 0.29) is 11.4 Å². The third-order valence-electron chi connectivity index (χ3n) is 4.65. The van der Waals surface area contributed by atoms with Gasteiger partial charge >= 0.3 is 0 Å². The number of hydrogen-bond donors (Lipinski definition) is 1. The molecule has 3 aromatic rings. The number of fused-ring (bicyclic) bond motifs is 2. The molecular weight excluding hydrogens is 327 g/mol. The molecular formula is C19H16F3N3. The Labute approximate surface area is 142 Å². The van der Waals surface area contributed by atoms with Crippen LogP contribution >= 0.6 is 0 Å². The van der Waals surface area contributed by atoms with E-state index in [4.69, 9.17) is 0 Å². The van der Waals surface area contributed by atoms with E-state index in [1.807, 2.05) is 0 Å². The minimum absolute atomic E-state index is 0.0756. The molecule has 128 valence electrons. The van der Waals surface area contributed by atoms with Crippen LogP contribution in [0.2, 0.25) is 0 Å². The molecule has 0 spiro atoms. The SMILES string of the molecule is Cc1cc(F)cc2[nH]c(C3=NC(C)(C)C(F)(F)c4ccccc43)nc12. The van der Waals surface area contributed by atoms with Gasteiger partial charge in [0.25, 0.3) is 5.92 Å². The minimum Gasteiger partial charge on any atom is -0.337 e. The maximum Gasteiger partial charge on any atom is 0.297 e. The molecule has 2 aromatic carbocycles. The largest absolute Gasteiger partial charge is 0.337 e. The molecule has 0 saturated heterocycles. The highest BCUT2D eigenvalue weighted by molar-refractivity contribution is 6.13. The van der Waals surface area contributed by atoms with Crippen LogP contribution in [0.3, 0.4) is 0 Å². The van der Waals surface area contributed by atoms with Crippen LogP contribution in [0, 0.1) is 12.7 Å². The summed E-state index contributed by atoms with van der Waals surface area (Å²) in [5, 5.41) is 0. The highest BCUT2D eigenvalue weighted by atomic mass is 19.3. The number of aryl methyl sites for hydroxylation is 1. The smallest absolute Gasteiger partial charge is 0.297 e. The molecule has 0 radical (unpaired) electrons. The Morgan fingerprint density at radius 3 is 2.56 bits per heavy atom. The van der Waals surface area contributed by atoms with Crippen LogP contribution in [-0.2, 0) is 5.92 Å². The van der Waals surface area contributed by atoms with Crippen molar-refractivity contribution < 1.29 is 13.2 Å². The fourth-order valence-corrected chi connectivity index (χ4v) is 3.24. The Bertz CT molecular complexity index is 1030. The summed E-state index contributed by atoms with van der Waals surface area (Å²) in [5.74, 6) is -3.11. The van der Waals surface area contributed by atoms with E-state index in [0.717, 1.165) is 0 Å². The second-order valence-electron chi connectivity index (χ2n) is 6.84. The lowest BCUT2D eigenvalue weighted by molar-refractivity contribution is -0.0682. The van der Waals surface area contributed by atoms with E-state index in [9.17, 15) is 13.2 Å². The van der Waals surface area contributed by atoms with Crippen molar-refractivity contribution >= 4 is 16.7 Å². The molecule has 0 bridgehead atoms. The number of benzene rings is 2. The highest BCUT2D eigenvalue weighted by Gasteiger charge is 2.52. The average molecular weight is 343 g/mol. The van der Waals surface area contributed by atoms with Crippen molar-refractivity contribution in [1.29, 1.82) is 0 Å². The van der Waals surface area contributed by atoms with E-state index in [2.05, 4.69) is 15.0 Å². The van der Waals surface area contributed by atoms with Crippen molar-refractivity contribution in [2.45, 2.75) is 32.2 Å². The van der Waals surface area contributed by atoms with Gasteiger partial charge in [0, 0.05) is 11.1 Å². The van der Waals surface area contributed by atoms with Crippen molar-refractivity contribution in [3.8, 4) is 0 Å². The van der Waals surface area contributed by atoms with Gasteiger partial charge in [0.05, 0.1) is 11.0 Å². The van der Waals surface area contributed by atoms with Crippen LogP contribution in [-0.4, -0.2) is 21.2 Å². The lowest BCUT2D eigenvalue weighted by Crippen LogP contribution is -2.44. The molecule has 1 aromatic heterocycles. The summed E-state index contributed by atoms with van der Waals surface area (Å²) in [4.78, 5) is 11.8.